The van der Waals surface area contributed by atoms with Crippen molar-refractivity contribution < 1.29 is 0 Å². The van der Waals surface area contributed by atoms with E-state index in [4.69, 9.17) is 16.3 Å². The summed E-state index contributed by atoms with van der Waals surface area (Å²) in [6, 6.07) is 8.06. The first-order valence-electron chi connectivity index (χ1n) is 5.51. The SMILES string of the molecule is CCC(N)C(c1cccs1)N(CC#N)CC#N. The van der Waals surface area contributed by atoms with Gasteiger partial charge in [0.25, 0.3) is 0 Å². The first-order chi connectivity index (χ1) is 8.24. The highest BCUT2D eigenvalue weighted by Crippen LogP contribution is 2.28. The third-order valence-electron chi connectivity index (χ3n) is 2.65. The van der Waals surface area contributed by atoms with E-state index in [1.165, 1.54) is 0 Å². The molecular formula is C12H16N4S. The molecule has 0 aliphatic rings. The lowest BCUT2D eigenvalue weighted by Crippen LogP contribution is -2.41. The van der Waals surface area contributed by atoms with Gasteiger partial charge in [-0.15, -0.1) is 11.3 Å². The zero-order chi connectivity index (χ0) is 12.7. The molecule has 0 bridgehead atoms. The fraction of sp³-hybridized carbons (Fsp3) is 0.500. The number of nitrogens with zero attached hydrogens (tertiary/aromatic N) is 3. The van der Waals surface area contributed by atoms with Crippen LogP contribution in [0.5, 0.6) is 0 Å². The monoisotopic (exact) mass is 248 g/mol. The Hall–Kier alpha value is -1.40. The molecule has 1 aromatic heterocycles. The molecule has 1 aromatic rings. The first-order valence-corrected chi connectivity index (χ1v) is 6.39. The molecule has 0 amide bonds. The average molecular weight is 248 g/mol. The predicted octanol–water partition coefficient (Wildman–Crippen LogP) is 1.88. The molecule has 0 saturated carbocycles. The van der Waals surface area contributed by atoms with Crippen LogP contribution in [0.1, 0.15) is 24.3 Å². The quantitative estimate of drug-likeness (QED) is 0.780. The van der Waals surface area contributed by atoms with E-state index in [-0.39, 0.29) is 25.2 Å². The molecule has 4 nitrogen and oxygen atoms in total. The van der Waals surface area contributed by atoms with Gasteiger partial charge in [-0.3, -0.25) is 4.90 Å². The van der Waals surface area contributed by atoms with E-state index in [0.29, 0.717) is 0 Å². The molecule has 17 heavy (non-hydrogen) atoms. The van der Waals surface area contributed by atoms with Crippen molar-refractivity contribution >= 4 is 11.3 Å². The molecule has 0 aromatic carbocycles. The van der Waals surface area contributed by atoms with Gasteiger partial charge in [-0.25, -0.2) is 0 Å². The topological polar surface area (TPSA) is 76.8 Å². The number of nitriles is 2. The summed E-state index contributed by atoms with van der Waals surface area (Å²) in [5.41, 5.74) is 6.12. The lowest BCUT2D eigenvalue weighted by molar-refractivity contribution is 0.215. The van der Waals surface area contributed by atoms with Gasteiger partial charge in [0.1, 0.15) is 0 Å². The minimum Gasteiger partial charge on any atom is -0.326 e. The van der Waals surface area contributed by atoms with E-state index in [0.717, 1.165) is 11.3 Å². The maximum atomic E-state index is 8.83. The minimum atomic E-state index is -0.0599. The van der Waals surface area contributed by atoms with E-state index < -0.39 is 0 Å². The highest BCUT2D eigenvalue weighted by atomic mass is 32.1. The minimum absolute atomic E-state index is 0.0423. The third-order valence-corrected chi connectivity index (χ3v) is 3.60. The van der Waals surface area contributed by atoms with Crippen molar-refractivity contribution in [2.45, 2.75) is 25.4 Å². The Morgan fingerprint density at radius 3 is 2.47 bits per heavy atom. The van der Waals surface area contributed by atoms with Gasteiger partial charge >= 0.3 is 0 Å². The molecule has 0 aliphatic heterocycles. The molecular weight excluding hydrogens is 232 g/mol. The summed E-state index contributed by atoms with van der Waals surface area (Å²) in [7, 11) is 0. The van der Waals surface area contributed by atoms with Crippen molar-refractivity contribution in [2.24, 2.45) is 5.73 Å². The first kappa shape index (κ1) is 13.7. The Bertz CT molecular complexity index is 385. The van der Waals surface area contributed by atoms with Crippen LogP contribution in [0, 0.1) is 22.7 Å². The van der Waals surface area contributed by atoms with E-state index in [2.05, 4.69) is 12.1 Å². The van der Waals surface area contributed by atoms with Gasteiger partial charge in [0.2, 0.25) is 0 Å². The maximum absolute atomic E-state index is 8.83. The second-order valence-corrected chi connectivity index (χ2v) is 4.73. The Morgan fingerprint density at radius 1 is 1.41 bits per heavy atom. The zero-order valence-corrected chi connectivity index (χ0v) is 10.7. The fourth-order valence-electron chi connectivity index (χ4n) is 1.78. The zero-order valence-electron chi connectivity index (χ0n) is 9.84. The number of hydrogen-bond acceptors (Lipinski definition) is 5. The Kier molecular flexibility index (Phi) is 5.65. The summed E-state index contributed by atoms with van der Waals surface area (Å²) in [5.74, 6) is 0. The molecule has 1 heterocycles. The smallest absolute Gasteiger partial charge is 0.0880 e. The van der Waals surface area contributed by atoms with Crippen LogP contribution < -0.4 is 5.73 Å². The molecule has 2 unspecified atom stereocenters. The van der Waals surface area contributed by atoms with Crippen molar-refractivity contribution in [3.05, 3.63) is 22.4 Å². The maximum Gasteiger partial charge on any atom is 0.0880 e. The van der Waals surface area contributed by atoms with E-state index >= 15 is 0 Å². The van der Waals surface area contributed by atoms with E-state index in [1.807, 2.05) is 29.3 Å². The van der Waals surface area contributed by atoms with Crippen LogP contribution in [0.25, 0.3) is 0 Å². The van der Waals surface area contributed by atoms with Gasteiger partial charge in [0.15, 0.2) is 0 Å². The Morgan fingerprint density at radius 2 is 2.06 bits per heavy atom. The largest absolute Gasteiger partial charge is 0.326 e. The average Bonchev–Trinajstić information content (AvgIpc) is 2.83. The fourth-order valence-corrected chi connectivity index (χ4v) is 2.71. The molecule has 2 N–H and O–H groups in total. The van der Waals surface area contributed by atoms with Gasteiger partial charge in [-0.05, 0) is 17.9 Å². The summed E-state index contributed by atoms with van der Waals surface area (Å²) in [6.07, 6.45) is 0.815. The van der Waals surface area contributed by atoms with Crippen molar-refractivity contribution in [3.63, 3.8) is 0 Å². The number of thiophene rings is 1. The highest BCUT2D eigenvalue weighted by Gasteiger charge is 2.26. The van der Waals surface area contributed by atoms with Crippen molar-refractivity contribution in [3.8, 4) is 12.1 Å². The molecule has 1 rings (SSSR count). The standard InChI is InChI=1S/C12H16N4S/c1-2-10(15)12(11-4-3-9-17-11)16(7-5-13)8-6-14/h3-4,9-10,12H,2,7-8,15H2,1H3. The molecule has 2 atom stereocenters. The summed E-state index contributed by atoms with van der Waals surface area (Å²) in [6.45, 7) is 2.47. The van der Waals surface area contributed by atoms with Gasteiger partial charge in [0.05, 0.1) is 31.3 Å². The van der Waals surface area contributed by atoms with Crippen LogP contribution in [0.15, 0.2) is 17.5 Å². The molecule has 0 aliphatic carbocycles. The van der Waals surface area contributed by atoms with Crippen molar-refractivity contribution in [2.75, 3.05) is 13.1 Å². The molecule has 0 fully saturated rings. The molecule has 0 saturated heterocycles. The number of nitrogens with two attached hydrogens (primary N) is 1. The lowest BCUT2D eigenvalue weighted by atomic mass is 10.0. The van der Waals surface area contributed by atoms with Crippen molar-refractivity contribution in [1.82, 2.24) is 4.90 Å². The van der Waals surface area contributed by atoms with Crippen LogP contribution in [0.4, 0.5) is 0 Å². The summed E-state index contributed by atoms with van der Waals surface area (Å²) < 4.78 is 0. The van der Waals surface area contributed by atoms with Crippen LogP contribution in [-0.2, 0) is 0 Å². The van der Waals surface area contributed by atoms with Crippen LogP contribution >= 0.6 is 11.3 Å². The van der Waals surface area contributed by atoms with Gasteiger partial charge in [-0.2, -0.15) is 10.5 Å². The van der Waals surface area contributed by atoms with Crippen LogP contribution in [0.3, 0.4) is 0 Å². The highest BCUT2D eigenvalue weighted by molar-refractivity contribution is 7.10. The Labute approximate surface area is 106 Å². The van der Waals surface area contributed by atoms with E-state index in [1.54, 1.807) is 11.3 Å². The molecule has 0 spiro atoms. The van der Waals surface area contributed by atoms with Gasteiger partial charge in [-0.1, -0.05) is 13.0 Å². The summed E-state index contributed by atoms with van der Waals surface area (Å²) in [4.78, 5) is 2.95. The number of hydrogen-bond donors (Lipinski definition) is 1. The molecule has 5 heteroatoms. The second kappa shape index (κ2) is 7.03. The van der Waals surface area contributed by atoms with Gasteiger partial charge < -0.3 is 5.73 Å². The molecule has 90 valence electrons. The van der Waals surface area contributed by atoms with Crippen molar-refractivity contribution in [1.29, 1.82) is 10.5 Å². The van der Waals surface area contributed by atoms with Crippen LogP contribution in [-0.4, -0.2) is 24.0 Å². The third kappa shape index (κ3) is 3.54. The summed E-state index contributed by atoms with van der Waals surface area (Å²) >= 11 is 1.61. The molecule has 0 radical (unpaired) electrons. The second-order valence-electron chi connectivity index (χ2n) is 3.75. The summed E-state index contributed by atoms with van der Waals surface area (Å²) in [5, 5.41) is 19.6. The van der Waals surface area contributed by atoms with E-state index in [9.17, 15) is 0 Å². The van der Waals surface area contributed by atoms with Crippen LogP contribution in [0.2, 0.25) is 0 Å². The lowest BCUT2D eigenvalue weighted by Gasteiger charge is -2.31. The predicted molar refractivity (Wildman–Crippen MR) is 68.1 cm³/mol. The number of rotatable bonds is 6. The Balaban J connectivity index is 2.96. The van der Waals surface area contributed by atoms with Gasteiger partial charge in [0, 0.05) is 10.9 Å². The normalized spacial score (nSPS) is 13.9.